The van der Waals surface area contributed by atoms with Gasteiger partial charge < -0.3 is 13.3 Å². The molecule has 1 radical (unpaired) electrons. The Bertz CT molecular complexity index is 397. The van der Waals surface area contributed by atoms with Gasteiger partial charge in [-0.3, -0.25) is 0 Å². The van der Waals surface area contributed by atoms with Gasteiger partial charge in [0.2, 0.25) is 0 Å². The minimum Gasteiger partial charge on any atom is -0.462 e. The van der Waals surface area contributed by atoms with E-state index in [1.165, 1.54) is 18.9 Å². The predicted octanol–water partition coefficient (Wildman–Crippen LogP) is 4.90. The highest BCUT2D eigenvalue weighted by Gasteiger charge is 2.34. The molecule has 0 atom stereocenters. The minimum atomic E-state index is -2.04. The molecule has 0 aromatic rings. The highest BCUT2D eigenvalue weighted by atomic mass is 28.4. The summed E-state index contributed by atoms with van der Waals surface area (Å²) in [4.78, 5) is 11.3. The Hall–Kier alpha value is -0.219. The van der Waals surface area contributed by atoms with Crippen molar-refractivity contribution in [3.05, 3.63) is 12.2 Å². The lowest BCUT2D eigenvalue weighted by atomic mass is 10.4. The van der Waals surface area contributed by atoms with E-state index in [0.717, 1.165) is 18.7 Å². The van der Waals surface area contributed by atoms with Gasteiger partial charge in [-0.25, -0.2) is 4.79 Å². The molecule has 7 heteroatoms. The molecular formula is C17H37O4Si3. The van der Waals surface area contributed by atoms with Crippen molar-refractivity contribution in [2.75, 3.05) is 12.8 Å². The Balaban J connectivity index is 4.04. The molecule has 0 heterocycles. The fourth-order valence-corrected chi connectivity index (χ4v) is 12.8. The summed E-state index contributed by atoms with van der Waals surface area (Å²) in [6.45, 7) is 19.1. The number of ether oxygens (including phenoxy) is 1. The van der Waals surface area contributed by atoms with Gasteiger partial charge in [-0.15, -0.1) is 0 Å². The number of rotatable bonds is 13. The van der Waals surface area contributed by atoms with Crippen LogP contribution in [0, 0.1) is 0 Å². The van der Waals surface area contributed by atoms with Crippen molar-refractivity contribution in [2.24, 2.45) is 0 Å². The topological polar surface area (TPSA) is 44.8 Å². The van der Waals surface area contributed by atoms with Crippen LogP contribution < -0.4 is 0 Å². The van der Waals surface area contributed by atoms with E-state index in [1.807, 2.05) is 0 Å². The van der Waals surface area contributed by atoms with Gasteiger partial charge >= 0.3 is 14.5 Å². The first-order chi connectivity index (χ1) is 11.0. The van der Waals surface area contributed by atoms with E-state index in [0.29, 0.717) is 12.2 Å². The highest BCUT2D eigenvalue weighted by Crippen LogP contribution is 2.21. The lowest BCUT2D eigenvalue weighted by Crippen LogP contribution is -2.47. The third-order valence-corrected chi connectivity index (χ3v) is 12.4. The second kappa shape index (κ2) is 11.4. The quantitative estimate of drug-likeness (QED) is 0.194. The molecule has 0 rings (SSSR count). The summed E-state index contributed by atoms with van der Waals surface area (Å²) in [5.41, 5.74) is 0.458. The number of carbonyl (C=O) groups excluding carboxylic acids is 1. The molecule has 0 saturated heterocycles. The van der Waals surface area contributed by atoms with Gasteiger partial charge in [0, 0.05) is 11.8 Å². The third kappa shape index (κ3) is 12.2. The Morgan fingerprint density at radius 1 is 1.17 bits per heavy atom. The average molecular weight is 390 g/mol. The molecule has 0 aliphatic carbocycles. The predicted molar refractivity (Wildman–Crippen MR) is 109 cm³/mol. The van der Waals surface area contributed by atoms with Crippen molar-refractivity contribution in [1.82, 2.24) is 0 Å². The zero-order valence-corrected chi connectivity index (χ0v) is 19.8. The molecule has 0 aromatic heterocycles. The summed E-state index contributed by atoms with van der Waals surface area (Å²) in [5, 5.41) is 0. The summed E-state index contributed by atoms with van der Waals surface area (Å²) in [6, 6.07) is 2.29. The molecule has 0 N–H and O–H groups in total. The largest absolute Gasteiger partial charge is 0.462 e. The maximum Gasteiger partial charge on any atom is 0.333 e. The summed E-state index contributed by atoms with van der Waals surface area (Å²) in [5.74, 6) is -0.294. The molecular weight excluding hydrogens is 352 g/mol. The van der Waals surface area contributed by atoms with Crippen LogP contribution >= 0.6 is 0 Å². The normalized spacial score (nSPS) is 12.5. The van der Waals surface area contributed by atoms with Crippen LogP contribution in [-0.4, -0.2) is 44.5 Å². The van der Waals surface area contributed by atoms with Crippen LogP contribution in [0.15, 0.2) is 12.2 Å². The first-order valence-corrected chi connectivity index (χ1v) is 17.3. The maximum absolute atomic E-state index is 11.3. The van der Waals surface area contributed by atoms with Crippen molar-refractivity contribution < 1.29 is 18.1 Å². The van der Waals surface area contributed by atoms with E-state index in [1.54, 1.807) is 6.92 Å². The Morgan fingerprint density at radius 2 is 1.79 bits per heavy atom. The third-order valence-electron chi connectivity index (χ3n) is 3.65. The Labute approximate surface area is 153 Å². The second-order valence-electron chi connectivity index (χ2n) is 7.63. The lowest BCUT2D eigenvalue weighted by molar-refractivity contribution is -0.138. The van der Waals surface area contributed by atoms with Crippen LogP contribution in [-0.2, 0) is 18.1 Å². The van der Waals surface area contributed by atoms with E-state index in [2.05, 4.69) is 46.2 Å². The molecule has 0 fully saturated rings. The molecule has 24 heavy (non-hydrogen) atoms. The summed E-state index contributed by atoms with van der Waals surface area (Å²) < 4.78 is 17.8. The van der Waals surface area contributed by atoms with Crippen molar-refractivity contribution in [3.8, 4) is 0 Å². The van der Waals surface area contributed by atoms with Crippen LogP contribution in [0.4, 0.5) is 0 Å². The summed E-state index contributed by atoms with van der Waals surface area (Å²) >= 11 is 0. The fourth-order valence-electron chi connectivity index (χ4n) is 2.38. The SMILES string of the molecule is C=C(C)C(=O)OCCC[Si](C)CO[Si](C)(C)O[Si](C)(C)CCCC. The molecule has 0 unspecified atom stereocenters. The monoisotopic (exact) mass is 389 g/mol. The number of hydrogen-bond acceptors (Lipinski definition) is 4. The fraction of sp³-hybridized carbons (Fsp3) is 0.824. The van der Waals surface area contributed by atoms with E-state index >= 15 is 0 Å². The first kappa shape index (κ1) is 23.8. The molecule has 0 spiro atoms. The van der Waals surface area contributed by atoms with Crippen molar-refractivity contribution in [1.29, 1.82) is 0 Å². The Morgan fingerprint density at radius 3 is 2.33 bits per heavy atom. The number of esters is 1. The zero-order chi connectivity index (χ0) is 18.8. The molecule has 0 aliphatic heterocycles. The minimum absolute atomic E-state index is 0.294. The van der Waals surface area contributed by atoms with Gasteiger partial charge in [-0.1, -0.05) is 38.9 Å². The van der Waals surface area contributed by atoms with E-state index < -0.39 is 25.7 Å². The number of carbonyl (C=O) groups is 1. The summed E-state index contributed by atoms with van der Waals surface area (Å²) in [6.07, 6.45) is 4.18. The number of unbranched alkanes of at least 4 members (excludes halogenated alkanes) is 1. The zero-order valence-electron chi connectivity index (χ0n) is 16.8. The molecule has 0 aromatic carbocycles. The maximum atomic E-state index is 11.3. The average Bonchev–Trinajstić information content (AvgIpc) is 2.46. The van der Waals surface area contributed by atoms with Gasteiger partial charge in [0.1, 0.15) is 0 Å². The standard InChI is InChI=1S/C17H37O4Si3/c1-9-10-14-23(5,6)21-24(7,8)20-15-22(4)13-11-12-19-17(18)16(2)3/h2,9-15H2,1,3-8H3. The van der Waals surface area contributed by atoms with Crippen LogP contribution in [0.25, 0.3) is 0 Å². The van der Waals surface area contributed by atoms with Gasteiger partial charge in [0.05, 0.1) is 15.4 Å². The van der Waals surface area contributed by atoms with E-state index in [4.69, 9.17) is 13.3 Å². The van der Waals surface area contributed by atoms with Crippen molar-refractivity contribution >= 4 is 31.6 Å². The van der Waals surface area contributed by atoms with Crippen molar-refractivity contribution in [2.45, 2.75) is 77.9 Å². The second-order valence-corrected chi connectivity index (χ2v) is 18.3. The first-order valence-electron chi connectivity index (χ1n) is 8.97. The van der Waals surface area contributed by atoms with Gasteiger partial charge in [-0.05, 0) is 45.6 Å². The smallest absolute Gasteiger partial charge is 0.333 e. The van der Waals surface area contributed by atoms with Gasteiger partial charge in [0.25, 0.3) is 0 Å². The Kier molecular flexibility index (Phi) is 11.3. The van der Waals surface area contributed by atoms with E-state index in [9.17, 15) is 4.79 Å². The molecule has 4 nitrogen and oxygen atoms in total. The number of hydrogen-bond donors (Lipinski definition) is 0. The molecule has 0 saturated carbocycles. The van der Waals surface area contributed by atoms with Crippen LogP contribution in [0.1, 0.15) is 33.1 Å². The highest BCUT2D eigenvalue weighted by molar-refractivity contribution is 6.82. The molecule has 0 aliphatic rings. The molecule has 141 valence electrons. The molecule has 0 bridgehead atoms. The summed E-state index contributed by atoms with van der Waals surface area (Å²) in [7, 11) is -4.22. The van der Waals surface area contributed by atoms with Gasteiger partial charge in [-0.2, -0.15) is 0 Å². The van der Waals surface area contributed by atoms with Crippen LogP contribution in [0.2, 0.25) is 44.8 Å². The van der Waals surface area contributed by atoms with Crippen molar-refractivity contribution in [3.63, 3.8) is 0 Å². The molecule has 0 amide bonds. The van der Waals surface area contributed by atoms with Gasteiger partial charge in [0.15, 0.2) is 8.32 Å². The van der Waals surface area contributed by atoms with E-state index in [-0.39, 0.29) is 5.97 Å². The van der Waals surface area contributed by atoms with Crippen LogP contribution in [0.5, 0.6) is 0 Å². The lowest BCUT2D eigenvalue weighted by Gasteiger charge is -2.34. The van der Waals surface area contributed by atoms with Crippen LogP contribution in [0.3, 0.4) is 0 Å².